The molecule has 0 aliphatic rings. The molecule has 0 spiro atoms. The highest BCUT2D eigenvalue weighted by atomic mass is 16.5. The van der Waals surface area contributed by atoms with E-state index in [4.69, 9.17) is 14.7 Å². The Morgan fingerprint density at radius 1 is 1.41 bits per heavy atom. The van der Waals surface area contributed by atoms with E-state index >= 15 is 0 Å². The maximum atomic E-state index is 8.96. The van der Waals surface area contributed by atoms with Crippen LogP contribution in [0.1, 0.15) is 31.9 Å². The molecule has 1 aromatic carbocycles. The van der Waals surface area contributed by atoms with Crippen molar-refractivity contribution in [1.29, 1.82) is 5.26 Å². The lowest BCUT2D eigenvalue weighted by Crippen LogP contribution is -2.06. The summed E-state index contributed by atoms with van der Waals surface area (Å²) in [6, 6.07) is 7.57. The standard InChI is InChI=1S/C14H17NO2/c1-4-16-8-7-12-5-6-13(10-15)14(9-12)17-11(2)3/h5-9,11H,4H2,1-3H3/b8-7+. The molecular formula is C14H17NO2. The first-order valence-corrected chi connectivity index (χ1v) is 5.66. The maximum Gasteiger partial charge on any atom is 0.138 e. The summed E-state index contributed by atoms with van der Waals surface area (Å²) in [4.78, 5) is 0. The average molecular weight is 231 g/mol. The van der Waals surface area contributed by atoms with Crippen molar-refractivity contribution in [3.8, 4) is 11.8 Å². The first-order valence-electron chi connectivity index (χ1n) is 5.66. The second-order valence-corrected chi connectivity index (χ2v) is 3.79. The van der Waals surface area contributed by atoms with Crippen LogP contribution in [0.3, 0.4) is 0 Å². The molecule has 0 fully saturated rings. The summed E-state index contributed by atoms with van der Waals surface area (Å²) in [5.74, 6) is 0.612. The fourth-order valence-electron chi connectivity index (χ4n) is 1.31. The van der Waals surface area contributed by atoms with Crippen LogP contribution in [0.4, 0.5) is 0 Å². The predicted molar refractivity (Wildman–Crippen MR) is 67.6 cm³/mol. The summed E-state index contributed by atoms with van der Waals surface area (Å²) in [6.45, 7) is 6.44. The smallest absolute Gasteiger partial charge is 0.138 e. The molecule has 0 atom stereocenters. The van der Waals surface area contributed by atoms with Crippen LogP contribution < -0.4 is 4.74 Å². The normalized spacial score (nSPS) is 10.5. The Kier molecular flexibility index (Phi) is 5.09. The molecule has 90 valence electrons. The van der Waals surface area contributed by atoms with Crippen LogP contribution in [0, 0.1) is 11.3 Å². The van der Waals surface area contributed by atoms with Crippen LogP contribution in [-0.2, 0) is 4.74 Å². The summed E-state index contributed by atoms with van der Waals surface area (Å²) in [7, 11) is 0. The van der Waals surface area contributed by atoms with E-state index < -0.39 is 0 Å². The highest BCUT2D eigenvalue weighted by Crippen LogP contribution is 2.21. The van der Waals surface area contributed by atoms with Crippen molar-refractivity contribution in [1.82, 2.24) is 0 Å². The second kappa shape index (κ2) is 6.59. The zero-order chi connectivity index (χ0) is 12.7. The van der Waals surface area contributed by atoms with Gasteiger partial charge in [0.05, 0.1) is 24.5 Å². The van der Waals surface area contributed by atoms with E-state index in [-0.39, 0.29) is 6.10 Å². The van der Waals surface area contributed by atoms with E-state index in [9.17, 15) is 0 Å². The molecule has 0 aromatic heterocycles. The van der Waals surface area contributed by atoms with Gasteiger partial charge in [0.25, 0.3) is 0 Å². The van der Waals surface area contributed by atoms with E-state index in [0.29, 0.717) is 17.9 Å². The van der Waals surface area contributed by atoms with Crippen molar-refractivity contribution in [2.24, 2.45) is 0 Å². The summed E-state index contributed by atoms with van der Waals surface area (Å²) in [6.07, 6.45) is 3.53. The molecular weight excluding hydrogens is 214 g/mol. The summed E-state index contributed by atoms with van der Waals surface area (Å²) >= 11 is 0. The van der Waals surface area contributed by atoms with E-state index in [1.165, 1.54) is 0 Å². The Bertz CT molecular complexity index is 430. The Morgan fingerprint density at radius 2 is 2.18 bits per heavy atom. The van der Waals surface area contributed by atoms with Gasteiger partial charge in [0.15, 0.2) is 0 Å². The van der Waals surface area contributed by atoms with E-state index in [1.807, 2.05) is 39.0 Å². The molecule has 0 radical (unpaired) electrons. The summed E-state index contributed by atoms with van der Waals surface area (Å²) in [5.41, 5.74) is 1.50. The minimum atomic E-state index is 0.0493. The van der Waals surface area contributed by atoms with Crippen LogP contribution in [-0.4, -0.2) is 12.7 Å². The van der Waals surface area contributed by atoms with Gasteiger partial charge in [0.1, 0.15) is 11.8 Å². The van der Waals surface area contributed by atoms with Gasteiger partial charge in [-0.3, -0.25) is 0 Å². The van der Waals surface area contributed by atoms with Crippen molar-refractivity contribution in [3.63, 3.8) is 0 Å². The van der Waals surface area contributed by atoms with Gasteiger partial charge < -0.3 is 9.47 Å². The molecule has 0 heterocycles. The van der Waals surface area contributed by atoms with Gasteiger partial charge in [-0.25, -0.2) is 0 Å². The lowest BCUT2D eigenvalue weighted by Gasteiger charge is -2.11. The molecule has 17 heavy (non-hydrogen) atoms. The number of hydrogen-bond acceptors (Lipinski definition) is 3. The van der Waals surface area contributed by atoms with Gasteiger partial charge in [-0.2, -0.15) is 5.26 Å². The number of rotatable bonds is 5. The van der Waals surface area contributed by atoms with Crippen LogP contribution >= 0.6 is 0 Å². The molecule has 0 saturated carbocycles. The summed E-state index contributed by atoms with van der Waals surface area (Å²) in [5, 5.41) is 8.96. The second-order valence-electron chi connectivity index (χ2n) is 3.79. The molecule has 0 N–H and O–H groups in total. The van der Waals surface area contributed by atoms with Crippen molar-refractivity contribution in [3.05, 3.63) is 35.6 Å². The largest absolute Gasteiger partial charge is 0.501 e. The highest BCUT2D eigenvalue weighted by Gasteiger charge is 2.05. The Balaban J connectivity index is 2.93. The topological polar surface area (TPSA) is 42.2 Å². The van der Waals surface area contributed by atoms with Gasteiger partial charge in [-0.05, 0) is 44.5 Å². The molecule has 1 aromatic rings. The molecule has 1 rings (SSSR count). The van der Waals surface area contributed by atoms with Gasteiger partial charge in [-0.15, -0.1) is 0 Å². The van der Waals surface area contributed by atoms with E-state index in [2.05, 4.69) is 6.07 Å². The zero-order valence-electron chi connectivity index (χ0n) is 10.4. The molecule has 0 unspecified atom stereocenters. The monoisotopic (exact) mass is 231 g/mol. The molecule has 3 heteroatoms. The minimum absolute atomic E-state index is 0.0493. The molecule has 3 nitrogen and oxygen atoms in total. The highest BCUT2D eigenvalue weighted by molar-refractivity contribution is 5.55. The lowest BCUT2D eigenvalue weighted by atomic mass is 10.1. The number of nitrogens with zero attached hydrogens (tertiary/aromatic N) is 1. The third kappa shape index (κ3) is 4.20. The molecule has 0 aliphatic heterocycles. The van der Waals surface area contributed by atoms with Crippen molar-refractivity contribution < 1.29 is 9.47 Å². The van der Waals surface area contributed by atoms with Gasteiger partial charge in [-0.1, -0.05) is 6.07 Å². The number of ether oxygens (including phenoxy) is 2. The maximum absolute atomic E-state index is 8.96. The van der Waals surface area contributed by atoms with Crippen LogP contribution in [0.5, 0.6) is 5.75 Å². The first-order chi connectivity index (χ1) is 8.17. The average Bonchev–Trinajstić information content (AvgIpc) is 2.29. The third-order valence-corrected chi connectivity index (χ3v) is 2.01. The Labute approximate surface area is 102 Å². The Hall–Kier alpha value is -1.95. The van der Waals surface area contributed by atoms with Crippen LogP contribution in [0.2, 0.25) is 0 Å². The predicted octanol–water partition coefficient (Wildman–Crippen LogP) is 3.35. The summed E-state index contributed by atoms with van der Waals surface area (Å²) < 4.78 is 10.7. The number of nitriles is 1. The van der Waals surface area contributed by atoms with Gasteiger partial charge in [0, 0.05) is 0 Å². The minimum Gasteiger partial charge on any atom is -0.501 e. The van der Waals surface area contributed by atoms with E-state index in [0.717, 1.165) is 5.56 Å². The third-order valence-electron chi connectivity index (χ3n) is 2.01. The quantitative estimate of drug-likeness (QED) is 0.730. The molecule has 0 amide bonds. The van der Waals surface area contributed by atoms with Crippen LogP contribution in [0.25, 0.3) is 6.08 Å². The van der Waals surface area contributed by atoms with Crippen molar-refractivity contribution in [2.45, 2.75) is 26.9 Å². The number of benzene rings is 1. The SMILES string of the molecule is CCO/C=C/c1ccc(C#N)c(OC(C)C)c1. The lowest BCUT2D eigenvalue weighted by molar-refractivity contribution is 0.241. The van der Waals surface area contributed by atoms with Gasteiger partial charge in [0.2, 0.25) is 0 Å². The zero-order valence-corrected chi connectivity index (χ0v) is 10.4. The van der Waals surface area contributed by atoms with Crippen LogP contribution in [0.15, 0.2) is 24.5 Å². The fraction of sp³-hybridized carbons (Fsp3) is 0.357. The number of hydrogen-bond donors (Lipinski definition) is 0. The molecule has 0 saturated heterocycles. The van der Waals surface area contributed by atoms with Gasteiger partial charge >= 0.3 is 0 Å². The van der Waals surface area contributed by atoms with Crippen molar-refractivity contribution in [2.75, 3.05) is 6.61 Å². The van der Waals surface area contributed by atoms with E-state index in [1.54, 1.807) is 12.3 Å². The fourth-order valence-corrected chi connectivity index (χ4v) is 1.31. The Morgan fingerprint density at radius 3 is 2.76 bits per heavy atom. The van der Waals surface area contributed by atoms with Crippen molar-refractivity contribution >= 4 is 6.08 Å². The molecule has 0 bridgehead atoms. The first kappa shape index (κ1) is 13.1. The molecule has 0 aliphatic carbocycles.